The molecule has 29 heavy (non-hydrogen) atoms. The molecule has 2 amide bonds. The number of para-hydroxylation sites is 2. The van der Waals surface area contributed by atoms with Crippen LogP contribution in [-0.4, -0.2) is 29.5 Å². The van der Waals surface area contributed by atoms with Gasteiger partial charge in [0, 0.05) is 18.7 Å². The smallest absolute Gasteiger partial charge is 0.408 e. The van der Waals surface area contributed by atoms with Crippen molar-refractivity contribution in [3.05, 3.63) is 58.6 Å². The maximum Gasteiger partial charge on any atom is 0.420 e. The van der Waals surface area contributed by atoms with E-state index >= 15 is 0 Å². The van der Waals surface area contributed by atoms with Gasteiger partial charge in [0.05, 0.1) is 16.9 Å². The normalized spacial score (nSPS) is 14.1. The molecule has 8 nitrogen and oxygen atoms in total. The van der Waals surface area contributed by atoms with Crippen molar-refractivity contribution in [2.75, 3.05) is 23.3 Å². The lowest BCUT2D eigenvalue weighted by Crippen LogP contribution is -2.31. The highest BCUT2D eigenvalue weighted by molar-refractivity contribution is 5.99. The average Bonchev–Trinajstić information content (AvgIpc) is 3.03. The predicted molar refractivity (Wildman–Crippen MR) is 110 cm³/mol. The van der Waals surface area contributed by atoms with Crippen molar-refractivity contribution in [1.82, 2.24) is 4.57 Å². The second-order valence-corrected chi connectivity index (χ2v) is 7.11. The van der Waals surface area contributed by atoms with Crippen LogP contribution in [-0.2, 0) is 11.3 Å². The molecule has 0 radical (unpaired) electrons. The van der Waals surface area contributed by atoms with Crippen molar-refractivity contribution >= 4 is 34.3 Å². The number of nitrogens with zero attached hydrogens (tertiary/aromatic N) is 2. The molecule has 2 aromatic carbocycles. The Hall–Kier alpha value is -3.55. The number of rotatable bonds is 5. The van der Waals surface area contributed by atoms with Crippen LogP contribution in [0.5, 0.6) is 0 Å². The molecule has 0 atom stereocenters. The first-order valence-electron chi connectivity index (χ1n) is 9.60. The van der Waals surface area contributed by atoms with Gasteiger partial charge in [-0.3, -0.25) is 14.2 Å². The van der Waals surface area contributed by atoms with Crippen molar-refractivity contribution in [3.63, 3.8) is 0 Å². The molecule has 1 aliphatic rings. The average molecular weight is 394 g/mol. The lowest BCUT2D eigenvalue weighted by atomic mass is 10.1. The summed E-state index contributed by atoms with van der Waals surface area (Å²) in [6, 6.07) is 12.0. The molecule has 3 aromatic rings. The van der Waals surface area contributed by atoms with E-state index in [0.717, 1.165) is 31.6 Å². The summed E-state index contributed by atoms with van der Waals surface area (Å²) in [5.74, 6) is -1.55. The van der Waals surface area contributed by atoms with Crippen molar-refractivity contribution in [2.45, 2.75) is 25.8 Å². The fraction of sp³-hybridized carbons (Fsp3) is 0.286. The Morgan fingerprint density at radius 1 is 1.07 bits per heavy atom. The molecule has 1 fully saturated rings. The van der Waals surface area contributed by atoms with E-state index in [0.29, 0.717) is 22.4 Å². The molecule has 2 heterocycles. The molecule has 0 aliphatic carbocycles. The Morgan fingerprint density at radius 3 is 2.59 bits per heavy atom. The van der Waals surface area contributed by atoms with Gasteiger partial charge in [0.15, 0.2) is 5.58 Å². The maximum absolute atomic E-state index is 12.7. The molecular formula is C21H22N4O4. The van der Waals surface area contributed by atoms with Crippen molar-refractivity contribution in [3.8, 4) is 0 Å². The second kappa shape index (κ2) is 7.83. The number of benzene rings is 2. The van der Waals surface area contributed by atoms with Gasteiger partial charge in [-0.2, -0.15) is 0 Å². The van der Waals surface area contributed by atoms with Crippen molar-refractivity contribution < 1.29 is 14.0 Å². The maximum atomic E-state index is 12.7. The number of piperidine rings is 1. The van der Waals surface area contributed by atoms with Gasteiger partial charge < -0.3 is 20.4 Å². The quantitative estimate of drug-likeness (QED) is 0.690. The predicted octanol–water partition coefficient (Wildman–Crippen LogP) is 2.32. The molecule has 150 valence electrons. The highest BCUT2D eigenvalue weighted by atomic mass is 16.4. The van der Waals surface area contributed by atoms with Gasteiger partial charge in [-0.05, 0) is 49.6 Å². The third kappa shape index (κ3) is 3.87. The van der Waals surface area contributed by atoms with E-state index in [1.165, 1.54) is 11.0 Å². The molecule has 1 aliphatic heterocycles. The SMILES string of the molecule is NC(=O)c1ccc(N2CCCCC2)c(NC(=O)Cn2c(=O)oc3ccccc32)c1. The Morgan fingerprint density at radius 2 is 1.83 bits per heavy atom. The number of amides is 2. The Labute approximate surface area is 166 Å². The molecular weight excluding hydrogens is 372 g/mol. The van der Waals surface area contributed by atoms with Crippen molar-refractivity contribution in [2.24, 2.45) is 5.73 Å². The van der Waals surface area contributed by atoms with Crippen LogP contribution in [0.25, 0.3) is 11.1 Å². The number of anilines is 2. The number of primary amides is 1. The number of nitrogens with one attached hydrogen (secondary N) is 1. The largest absolute Gasteiger partial charge is 0.420 e. The van der Waals surface area contributed by atoms with E-state index in [1.54, 1.807) is 42.5 Å². The van der Waals surface area contributed by atoms with Gasteiger partial charge in [0.25, 0.3) is 0 Å². The van der Waals surface area contributed by atoms with E-state index in [1.807, 2.05) is 0 Å². The van der Waals surface area contributed by atoms with Crippen LogP contribution >= 0.6 is 0 Å². The molecule has 0 unspecified atom stereocenters. The molecule has 8 heteroatoms. The monoisotopic (exact) mass is 394 g/mol. The minimum absolute atomic E-state index is 0.198. The van der Waals surface area contributed by atoms with Crippen LogP contribution in [0.2, 0.25) is 0 Å². The number of oxazole rings is 1. The number of aromatic nitrogens is 1. The van der Waals surface area contributed by atoms with Gasteiger partial charge in [-0.1, -0.05) is 12.1 Å². The molecule has 0 bridgehead atoms. The third-order valence-electron chi connectivity index (χ3n) is 5.13. The van der Waals surface area contributed by atoms with E-state index in [2.05, 4.69) is 10.2 Å². The summed E-state index contributed by atoms with van der Waals surface area (Å²) in [5.41, 5.74) is 8.05. The van der Waals surface area contributed by atoms with E-state index in [9.17, 15) is 14.4 Å². The minimum atomic E-state index is -0.594. The van der Waals surface area contributed by atoms with Crippen molar-refractivity contribution in [1.29, 1.82) is 0 Å². The van der Waals surface area contributed by atoms with Gasteiger partial charge in [0.2, 0.25) is 11.8 Å². The van der Waals surface area contributed by atoms with Crippen LogP contribution in [0.3, 0.4) is 0 Å². The number of hydrogen-bond acceptors (Lipinski definition) is 5. The fourth-order valence-electron chi connectivity index (χ4n) is 3.70. The van der Waals surface area contributed by atoms with Gasteiger partial charge in [0.1, 0.15) is 6.54 Å². The molecule has 1 saturated heterocycles. The van der Waals surface area contributed by atoms with Crippen LogP contribution in [0.15, 0.2) is 51.7 Å². The second-order valence-electron chi connectivity index (χ2n) is 7.11. The summed E-state index contributed by atoms with van der Waals surface area (Å²) in [5, 5.41) is 2.84. The van der Waals surface area contributed by atoms with E-state index < -0.39 is 17.6 Å². The van der Waals surface area contributed by atoms with Gasteiger partial charge in [-0.15, -0.1) is 0 Å². The number of carbonyl (C=O) groups excluding carboxylic acids is 2. The Balaban J connectivity index is 1.62. The topological polar surface area (TPSA) is 111 Å². The number of fused-ring (bicyclic) bond motifs is 1. The third-order valence-corrected chi connectivity index (χ3v) is 5.13. The fourth-order valence-corrected chi connectivity index (χ4v) is 3.70. The molecule has 4 rings (SSSR count). The molecule has 0 spiro atoms. The van der Waals surface area contributed by atoms with Gasteiger partial charge in [-0.25, -0.2) is 4.79 Å². The summed E-state index contributed by atoms with van der Waals surface area (Å²) in [4.78, 5) is 38.7. The van der Waals surface area contributed by atoms with E-state index in [-0.39, 0.29) is 6.54 Å². The first kappa shape index (κ1) is 18.8. The molecule has 1 aromatic heterocycles. The number of nitrogens with two attached hydrogens (primary N) is 1. The van der Waals surface area contributed by atoms with Crippen LogP contribution in [0.4, 0.5) is 11.4 Å². The Kier molecular flexibility index (Phi) is 5.07. The summed E-state index contributed by atoms with van der Waals surface area (Å²) >= 11 is 0. The van der Waals surface area contributed by atoms with Crippen LogP contribution < -0.4 is 21.7 Å². The van der Waals surface area contributed by atoms with Crippen LogP contribution in [0, 0.1) is 0 Å². The first-order valence-corrected chi connectivity index (χ1v) is 9.60. The number of hydrogen-bond donors (Lipinski definition) is 2. The molecule has 0 saturated carbocycles. The highest BCUT2D eigenvalue weighted by Crippen LogP contribution is 2.30. The first-order chi connectivity index (χ1) is 14.0. The zero-order valence-corrected chi connectivity index (χ0v) is 15.9. The summed E-state index contributed by atoms with van der Waals surface area (Å²) in [7, 11) is 0. The zero-order chi connectivity index (χ0) is 20.4. The Bertz CT molecular complexity index is 1130. The van der Waals surface area contributed by atoms with Crippen LogP contribution in [0.1, 0.15) is 29.6 Å². The van der Waals surface area contributed by atoms with E-state index in [4.69, 9.17) is 10.2 Å². The summed E-state index contributed by atoms with van der Waals surface area (Å²) in [6.07, 6.45) is 3.32. The lowest BCUT2D eigenvalue weighted by molar-refractivity contribution is -0.116. The summed E-state index contributed by atoms with van der Waals surface area (Å²) < 4.78 is 6.46. The zero-order valence-electron chi connectivity index (χ0n) is 15.9. The molecule has 3 N–H and O–H groups in total. The van der Waals surface area contributed by atoms with Gasteiger partial charge >= 0.3 is 5.76 Å². The number of carbonyl (C=O) groups is 2. The lowest BCUT2D eigenvalue weighted by Gasteiger charge is -2.30. The summed E-state index contributed by atoms with van der Waals surface area (Å²) in [6.45, 7) is 1.56. The highest BCUT2D eigenvalue weighted by Gasteiger charge is 2.19. The standard InChI is InChI=1S/C21H22N4O4/c22-20(27)14-8-9-16(24-10-4-1-5-11-24)15(12-14)23-19(26)13-25-17-6-2-3-7-18(17)29-21(25)28/h2-3,6-9,12H,1,4-5,10-11,13H2,(H2,22,27)(H,23,26). The minimum Gasteiger partial charge on any atom is -0.408 e.